The van der Waals surface area contributed by atoms with Gasteiger partial charge in [-0.3, -0.25) is 0 Å². The number of hydrogen-bond acceptors (Lipinski definition) is 2. The average molecular weight is 199 g/mol. The average Bonchev–Trinajstić information content (AvgIpc) is 2.17. The molecule has 14 heavy (non-hydrogen) atoms. The zero-order valence-corrected chi connectivity index (χ0v) is 9.72. The molecular formula is C12H25NO. The standard InChI is InChI=1S/C12H25NO/c1-3-4-5-11-6-8-12(13,9-7-11)10-14-2/h11H,3-10,13H2,1-2H3. The van der Waals surface area contributed by atoms with Crippen LogP contribution in [0.25, 0.3) is 0 Å². The molecule has 0 unspecified atom stereocenters. The molecule has 0 atom stereocenters. The quantitative estimate of drug-likeness (QED) is 0.739. The molecule has 2 N–H and O–H groups in total. The normalized spacial score (nSPS) is 33.2. The molecule has 1 rings (SSSR count). The lowest BCUT2D eigenvalue weighted by Gasteiger charge is -2.36. The van der Waals surface area contributed by atoms with Crippen molar-refractivity contribution in [2.75, 3.05) is 13.7 Å². The number of nitrogens with two attached hydrogens (primary N) is 1. The molecule has 1 fully saturated rings. The minimum absolute atomic E-state index is 0.0164. The summed E-state index contributed by atoms with van der Waals surface area (Å²) in [7, 11) is 1.75. The first-order valence-corrected chi connectivity index (χ1v) is 5.98. The Morgan fingerprint density at radius 1 is 1.36 bits per heavy atom. The maximum absolute atomic E-state index is 6.24. The van der Waals surface area contributed by atoms with Gasteiger partial charge in [0.1, 0.15) is 0 Å². The van der Waals surface area contributed by atoms with Gasteiger partial charge in [0.05, 0.1) is 6.61 Å². The third-order valence-electron chi connectivity index (χ3n) is 3.50. The Morgan fingerprint density at radius 3 is 2.50 bits per heavy atom. The van der Waals surface area contributed by atoms with Gasteiger partial charge >= 0.3 is 0 Å². The summed E-state index contributed by atoms with van der Waals surface area (Å²) in [5.74, 6) is 0.934. The van der Waals surface area contributed by atoms with E-state index in [4.69, 9.17) is 10.5 Å². The molecule has 0 heterocycles. The molecule has 1 aliphatic rings. The summed E-state index contributed by atoms with van der Waals surface area (Å²) in [5, 5.41) is 0. The molecular weight excluding hydrogens is 174 g/mol. The highest BCUT2D eigenvalue weighted by atomic mass is 16.5. The Kier molecular flexibility index (Phi) is 4.90. The van der Waals surface area contributed by atoms with E-state index in [1.165, 1.54) is 32.1 Å². The van der Waals surface area contributed by atoms with Gasteiger partial charge in [0.15, 0.2) is 0 Å². The topological polar surface area (TPSA) is 35.2 Å². The van der Waals surface area contributed by atoms with Crippen LogP contribution in [0.5, 0.6) is 0 Å². The fourth-order valence-corrected chi connectivity index (χ4v) is 2.47. The van der Waals surface area contributed by atoms with Crippen molar-refractivity contribution in [3.05, 3.63) is 0 Å². The number of ether oxygens (including phenoxy) is 1. The molecule has 2 nitrogen and oxygen atoms in total. The molecule has 0 aromatic heterocycles. The molecule has 1 saturated carbocycles. The monoisotopic (exact) mass is 199 g/mol. The fraction of sp³-hybridized carbons (Fsp3) is 1.00. The summed E-state index contributed by atoms with van der Waals surface area (Å²) < 4.78 is 5.18. The second-order valence-electron chi connectivity index (χ2n) is 4.88. The van der Waals surface area contributed by atoms with E-state index in [1.54, 1.807) is 7.11 Å². The van der Waals surface area contributed by atoms with E-state index in [-0.39, 0.29) is 5.54 Å². The van der Waals surface area contributed by atoms with E-state index in [2.05, 4.69) is 6.92 Å². The molecule has 0 amide bonds. The molecule has 0 bridgehead atoms. The van der Waals surface area contributed by atoms with Gasteiger partial charge in [-0.25, -0.2) is 0 Å². The third kappa shape index (κ3) is 3.58. The van der Waals surface area contributed by atoms with E-state index in [0.29, 0.717) is 0 Å². The highest BCUT2D eigenvalue weighted by molar-refractivity contribution is 4.89. The van der Waals surface area contributed by atoms with Crippen LogP contribution < -0.4 is 5.73 Å². The van der Waals surface area contributed by atoms with Crippen molar-refractivity contribution >= 4 is 0 Å². The summed E-state index contributed by atoms with van der Waals surface area (Å²) >= 11 is 0. The van der Waals surface area contributed by atoms with Gasteiger partial charge in [0.25, 0.3) is 0 Å². The maximum atomic E-state index is 6.24. The van der Waals surface area contributed by atoms with E-state index in [9.17, 15) is 0 Å². The van der Waals surface area contributed by atoms with Crippen LogP contribution in [0.15, 0.2) is 0 Å². The van der Waals surface area contributed by atoms with Gasteiger partial charge in [-0.1, -0.05) is 26.2 Å². The van der Waals surface area contributed by atoms with Crippen LogP contribution in [0.2, 0.25) is 0 Å². The molecule has 0 aliphatic heterocycles. The highest BCUT2D eigenvalue weighted by Crippen LogP contribution is 2.33. The maximum Gasteiger partial charge on any atom is 0.0642 e. The predicted molar refractivity (Wildman–Crippen MR) is 60.3 cm³/mol. The number of hydrogen-bond donors (Lipinski definition) is 1. The first kappa shape index (κ1) is 12.0. The number of unbranched alkanes of at least 4 members (excludes halogenated alkanes) is 1. The van der Waals surface area contributed by atoms with Crippen LogP contribution in [0.1, 0.15) is 51.9 Å². The van der Waals surface area contributed by atoms with E-state index >= 15 is 0 Å². The van der Waals surface area contributed by atoms with Crippen molar-refractivity contribution in [3.63, 3.8) is 0 Å². The van der Waals surface area contributed by atoms with Gasteiger partial charge in [-0.15, -0.1) is 0 Å². The lowest BCUT2D eigenvalue weighted by Crippen LogP contribution is -2.47. The van der Waals surface area contributed by atoms with Crippen molar-refractivity contribution in [3.8, 4) is 0 Å². The van der Waals surface area contributed by atoms with E-state index in [0.717, 1.165) is 25.4 Å². The second kappa shape index (κ2) is 5.72. The van der Waals surface area contributed by atoms with Gasteiger partial charge < -0.3 is 10.5 Å². The summed E-state index contributed by atoms with van der Waals surface area (Å²) in [6.07, 6.45) is 9.01. The van der Waals surface area contributed by atoms with Crippen molar-refractivity contribution in [2.45, 2.75) is 57.4 Å². The van der Waals surface area contributed by atoms with Crippen molar-refractivity contribution < 1.29 is 4.74 Å². The molecule has 0 radical (unpaired) electrons. The van der Waals surface area contributed by atoms with Gasteiger partial charge in [0, 0.05) is 12.6 Å². The SMILES string of the molecule is CCCCC1CCC(N)(COC)CC1. The van der Waals surface area contributed by atoms with Crippen molar-refractivity contribution in [1.29, 1.82) is 0 Å². The summed E-state index contributed by atoms with van der Waals surface area (Å²) in [5.41, 5.74) is 6.22. The molecule has 2 heteroatoms. The molecule has 0 spiro atoms. The lowest BCUT2D eigenvalue weighted by atomic mass is 9.76. The Labute approximate surface area is 88.2 Å². The fourth-order valence-electron chi connectivity index (χ4n) is 2.47. The first-order valence-electron chi connectivity index (χ1n) is 5.98. The molecule has 0 saturated heterocycles. The number of methoxy groups -OCH3 is 1. The van der Waals surface area contributed by atoms with Gasteiger partial charge in [-0.05, 0) is 31.6 Å². The molecule has 1 aliphatic carbocycles. The Morgan fingerprint density at radius 2 is 2.00 bits per heavy atom. The summed E-state index contributed by atoms with van der Waals surface area (Å²) in [6.45, 7) is 2.99. The zero-order chi connectivity index (χ0) is 10.4. The smallest absolute Gasteiger partial charge is 0.0642 e. The molecule has 0 aromatic rings. The van der Waals surface area contributed by atoms with E-state index < -0.39 is 0 Å². The Hall–Kier alpha value is -0.0800. The largest absolute Gasteiger partial charge is 0.383 e. The zero-order valence-electron chi connectivity index (χ0n) is 9.72. The van der Waals surface area contributed by atoms with Crippen LogP contribution >= 0.6 is 0 Å². The lowest BCUT2D eigenvalue weighted by molar-refractivity contribution is 0.0933. The van der Waals surface area contributed by atoms with Crippen LogP contribution in [0.3, 0.4) is 0 Å². The van der Waals surface area contributed by atoms with Crippen LogP contribution in [0.4, 0.5) is 0 Å². The first-order chi connectivity index (χ1) is 6.70. The van der Waals surface area contributed by atoms with E-state index in [1.807, 2.05) is 0 Å². The minimum atomic E-state index is -0.0164. The second-order valence-corrected chi connectivity index (χ2v) is 4.88. The highest BCUT2D eigenvalue weighted by Gasteiger charge is 2.31. The van der Waals surface area contributed by atoms with Gasteiger partial charge in [0.2, 0.25) is 0 Å². The predicted octanol–water partition coefficient (Wildman–Crippen LogP) is 2.71. The van der Waals surface area contributed by atoms with Crippen molar-refractivity contribution in [2.24, 2.45) is 11.7 Å². The van der Waals surface area contributed by atoms with Crippen LogP contribution in [-0.2, 0) is 4.74 Å². The third-order valence-corrected chi connectivity index (χ3v) is 3.50. The summed E-state index contributed by atoms with van der Waals surface area (Å²) in [6, 6.07) is 0. The molecule has 0 aromatic carbocycles. The Balaban J connectivity index is 2.23. The summed E-state index contributed by atoms with van der Waals surface area (Å²) in [4.78, 5) is 0. The molecule has 84 valence electrons. The Bertz CT molecular complexity index is 150. The van der Waals surface area contributed by atoms with Crippen LogP contribution in [0, 0.1) is 5.92 Å². The number of rotatable bonds is 5. The van der Waals surface area contributed by atoms with Crippen molar-refractivity contribution in [1.82, 2.24) is 0 Å². The van der Waals surface area contributed by atoms with Crippen LogP contribution in [-0.4, -0.2) is 19.3 Å². The minimum Gasteiger partial charge on any atom is -0.383 e. The van der Waals surface area contributed by atoms with Gasteiger partial charge in [-0.2, -0.15) is 0 Å².